The van der Waals surface area contributed by atoms with Gasteiger partial charge in [-0.2, -0.15) is 0 Å². The number of hydrogen-bond donors (Lipinski definition) is 1. The summed E-state index contributed by atoms with van der Waals surface area (Å²) in [5.41, 5.74) is 1.91. The van der Waals surface area contributed by atoms with Crippen molar-refractivity contribution in [1.29, 1.82) is 0 Å². The molecule has 1 aliphatic rings. The Bertz CT molecular complexity index is 1010. The highest BCUT2D eigenvalue weighted by molar-refractivity contribution is 7.99. The third kappa shape index (κ3) is 4.68. The summed E-state index contributed by atoms with van der Waals surface area (Å²) in [5, 5.41) is 4.44. The summed E-state index contributed by atoms with van der Waals surface area (Å²) in [5.74, 6) is 1.65. The number of amides is 1. The molecule has 1 amide bonds. The Morgan fingerprint density at radius 2 is 1.97 bits per heavy atom. The lowest BCUT2D eigenvalue weighted by molar-refractivity contribution is -0.119. The zero-order valence-corrected chi connectivity index (χ0v) is 17.4. The Labute approximate surface area is 178 Å². The summed E-state index contributed by atoms with van der Waals surface area (Å²) >= 11 is 7.34. The van der Waals surface area contributed by atoms with E-state index >= 15 is 0 Å². The largest absolute Gasteiger partial charge is 0.486 e. The normalized spacial score (nSPS) is 13.7. The van der Waals surface area contributed by atoms with Gasteiger partial charge in [-0.05, 0) is 48.9 Å². The van der Waals surface area contributed by atoms with E-state index in [0.29, 0.717) is 24.0 Å². The summed E-state index contributed by atoms with van der Waals surface area (Å²) in [6.45, 7) is 3.04. The molecule has 1 N–H and O–H groups in total. The fourth-order valence-corrected chi connectivity index (χ4v) is 3.93. The number of thioether (sulfide) groups is 1. The van der Waals surface area contributed by atoms with Crippen LogP contribution in [0.5, 0.6) is 11.5 Å². The molecule has 0 radical (unpaired) electrons. The van der Waals surface area contributed by atoms with Crippen molar-refractivity contribution in [2.24, 2.45) is 0 Å². The minimum Gasteiger partial charge on any atom is -0.486 e. The molecule has 4 rings (SSSR count). The van der Waals surface area contributed by atoms with E-state index in [0.717, 1.165) is 22.2 Å². The Hall–Kier alpha value is -2.64. The lowest BCUT2D eigenvalue weighted by Crippen LogP contribution is -2.28. The molecule has 0 aliphatic carbocycles. The molecule has 0 spiro atoms. The van der Waals surface area contributed by atoms with E-state index in [4.69, 9.17) is 21.1 Å². The average Bonchev–Trinajstić information content (AvgIpc) is 3.21. The van der Waals surface area contributed by atoms with Gasteiger partial charge in [0.15, 0.2) is 16.7 Å². The summed E-state index contributed by atoms with van der Waals surface area (Å²) in [4.78, 5) is 16.8. The molecule has 1 aromatic heterocycles. The summed E-state index contributed by atoms with van der Waals surface area (Å²) < 4.78 is 13.1. The monoisotopic (exact) mass is 429 g/mol. The van der Waals surface area contributed by atoms with Crippen LogP contribution in [-0.2, 0) is 4.79 Å². The number of carbonyl (C=O) groups is 1. The van der Waals surface area contributed by atoms with Crippen molar-refractivity contribution in [1.82, 2.24) is 14.9 Å². The van der Waals surface area contributed by atoms with Crippen molar-refractivity contribution >= 4 is 29.3 Å². The van der Waals surface area contributed by atoms with Crippen LogP contribution in [0, 0.1) is 0 Å². The zero-order valence-electron chi connectivity index (χ0n) is 15.8. The lowest BCUT2D eigenvalue weighted by atomic mass is 10.1. The van der Waals surface area contributed by atoms with Crippen molar-refractivity contribution in [3.05, 3.63) is 65.4 Å². The van der Waals surface area contributed by atoms with Crippen LogP contribution in [-0.4, -0.2) is 34.4 Å². The van der Waals surface area contributed by atoms with Crippen molar-refractivity contribution in [2.75, 3.05) is 19.0 Å². The molecule has 1 unspecified atom stereocenters. The van der Waals surface area contributed by atoms with E-state index in [9.17, 15) is 4.79 Å². The Kier molecular flexibility index (Phi) is 5.97. The fraction of sp³-hybridized carbons (Fsp3) is 0.238. The van der Waals surface area contributed by atoms with E-state index in [-0.39, 0.29) is 17.7 Å². The smallest absolute Gasteiger partial charge is 0.230 e. The van der Waals surface area contributed by atoms with Gasteiger partial charge < -0.3 is 14.8 Å². The quantitative estimate of drug-likeness (QED) is 0.593. The molecule has 0 bridgehead atoms. The maximum atomic E-state index is 12.5. The third-order valence-electron chi connectivity index (χ3n) is 4.49. The van der Waals surface area contributed by atoms with E-state index < -0.39 is 0 Å². The van der Waals surface area contributed by atoms with Gasteiger partial charge in [0.1, 0.15) is 13.2 Å². The summed E-state index contributed by atoms with van der Waals surface area (Å²) in [7, 11) is 0. The van der Waals surface area contributed by atoms with Crippen LogP contribution in [0.2, 0.25) is 5.02 Å². The maximum Gasteiger partial charge on any atom is 0.230 e. The average molecular weight is 430 g/mol. The first kappa shape index (κ1) is 19.7. The van der Waals surface area contributed by atoms with E-state index in [1.807, 2.05) is 60.2 Å². The number of benzene rings is 2. The van der Waals surface area contributed by atoms with Crippen molar-refractivity contribution in [3.8, 4) is 17.2 Å². The molecule has 0 fully saturated rings. The number of aromatic nitrogens is 2. The fourth-order valence-electron chi connectivity index (χ4n) is 3.02. The number of rotatable bonds is 6. The first-order valence-electron chi connectivity index (χ1n) is 9.21. The SMILES string of the molecule is CC(NC(=O)CSc1nccn1-c1ccc(Cl)cc1)c1ccc2c(c1)OCCO2. The highest BCUT2D eigenvalue weighted by Gasteiger charge is 2.16. The second-order valence-electron chi connectivity index (χ2n) is 6.54. The van der Waals surface area contributed by atoms with Crippen LogP contribution >= 0.6 is 23.4 Å². The summed E-state index contributed by atoms with van der Waals surface area (Å²) in [6.07, 6.45) is 3.58. The van der Waals surface area contributed by atoms with Gasteiger partial charge in [0.05, 0.1) is 11.8 Å². The maximum absolute atomic E-state index is 12.5. The molecule has 29 heavy (non-hydrogen) atoms. The van der Waals surface area contributed by atoms with Crippen LogP contribution in [0.1, 0.15) is 18.5 Å². The number of nitrogens with zero attached hydrogens (tertiary/aromatic N) is 2. The van der Waals surface area contributed by atoms with Gasteiger partial charge in [0.2, 0.25) is 5.91 Å². The minimum atomic E-state index is -0.144. The van der Waals surface area contributed by atoms with Gasteiger partial charge in [0.25, 0.3) is 0 Å². The molecular weight excluding hydrogens is 410 g/mol. The van der Waals surface area contributed by atoms with Crippen molar-refractivity contribution in [2.45, 2.75) is 18.1 Å². The van der Waals surface area contributed by atoms with Gasteiger partial charge in [-0.3, -0.25) is 9.36 Å². The molecule has 1 aliphatic heterocycles. The first-order valence-corrected chi connectivity index (χ1v) is 10.6. The molecule has 2 heterocycles. The van der Waals surface area contributed by atoms with E-state index in [2.05, 4.69) is 10.3 Å². The van der Waals surface area contributed by atoms with Gasteiger partial charge in [-0.1, -0.05) is 29.4 Å². The van der Waals surface area contributed by atoms with Gasteiger partial charge in [0, 0.05) is 23.1 Å². The van der Waals surface area contributed by atoms with Crippen LogP contribution in [0.4, 0.5) is 0 Å². The van der Waals surface area contributed by atoms with Crippen LogP contribution in [0.25, 0.3) is 5.69 Å². The number of imidazole rings is 1. The van der Waals surface area contributed by atoms with Gasteiger partial charge >= 0.3 is 0 Å². The topological polar surface area (TPSA) is 65.4 Å². The Balaban J connectivity index is 1.36. The molecule has 3 aromatic rings. The molecule has 1 atom stereocenters. The molecule has 8 heteroatoms. The number of ether oxygens (including phenoxy) is 2. The molecule has 150 valence electrons. The van der Waals surface area contributed by atoms with Crippen LogP contribution in [0.3, 0.4) is 0 Å². The number of nitrogens with one attached hydrogen (secondary N) is 1. The Morgan fingerprint density at radius 1 is 1.21 bits per heavy atom. The predicted molar refractivity (Wildman–Crippen MR) is 113 cm³/mol. The minimum absolute atomic E-state index is 0.0666. The highest BCUT2D eigenvalue weighted by Crippen LogP contribution is 2.32. The first-order chi connectivity index (χ1) is 14.1. The molecule has 6 nitrogen and oxygen atoms in total. The van der Waals surface area contributed by atoms with Crippen LogP contribution < -0.4 is 14.8 Å². The van der Waals surface area contributed by atoms with Crippen molar-refractivity contribution < 1.29 is 14.3 Å². The second kappa shape index (κ2) is 8.80. The Morgan fingerprint density at radius 3 is 2.76 bits per heavy atom. The van der Waals surface area contributed by atoms with Crippen molar-refractivity contribution in [3.63, 3.8) is 0 Å². The standard InChI is InChI=1S/C21H20ClN3O3S/c1-14(15-2-7-18-19(12-15)28-11-10-27-18)24-20(26)13-29-21-23-8-9-25(21)17-5-3-16(22)4-6-17/h2-9,12,14H,10-11,13H2,1H3,(H,24,26). The zero-order chi connectivity index (χ0) is 20.2. The number of fused-ring (bicyclic) bond motifs is 1. The van der Waals surface area contributed by atoms with E-state index in [1.165, 1.54) is 11.8 Å². The predicted octanol–water partition coefficient (Wildman–Crippen LogP) is 4.27. The van der Waals surface area contributed by atoms with Crippen LogP contribution in [0.15, 0.2) is 60.0 Å². The lowest BCUT2D eigenvalue weighted by Gasteiger charge is -2.21. The number of hydrogen-bond acceptors (Lipinski definition) is 5. The third-order valence-corrected chi connectivity index (χ3v) is 5.71. The number of carbonyl (C=O) groups excluding carboxylic acids is 1. The van der Waals surface area contributed by atoms with Gasteiger partial charge in [-0.15, -0.1) is 0 Å². The molecule has 0 saturated heterocycles. The molecular formula is C21H20ClN3O3S. The molecule has 2 aromatic carbocycles. The van der Waals surface area contributed by atoms with E-state index in [1.54, 1.807) is 6.20 Å². The highest BCUT2D eigenvalue weighted by atomic mass is 35.5. The molecule has 0 saturated carbocycles. The second-order valence-corrected chi connectivity index (χ2v) is 7.92. The number of halogens is 1. The van der Waals surface area contributed by atoms with Gasteiger partial charge in [-0.25, -0.2) is 4.98 Å². The summed E-state index contributed by atoms with van der Waals surface area (Å²) in [6, 6.07) is 13.1.